The zero-order chi connectivity index (χ0) is 30.7. The van der Waals surface area contributed by atoms with Crippen molar-refractivity contribution in [1.82, 2.24) is 10.3 Å². The number of nitro benzene ring substituents is 1. The minimum atomic E-state index is -4.74. The number of hydrogen-bond acceptors (Lipinski definition) is 9. The maximum atomic E-state index is 12.5. The highest BCUT2D eigenvalue weighted by Crippen LogP contribution is 2.34. The normalized spacial score (nSPS) is 12.6. The fraction of sp³-hybridized carbons (Fsp3) is 0.185. The van der Waals surface area contributed by atoms with Crippen molar-refractivity contribution in [3.05, 3.63) is 94.3 Å². The van der Waals surface area contributed by atoms with Crippen molar-refractivity contribution in [1.29, 1.82) is 0 Å². The van der Waals surface area contributed by atoms with Crippen LogP contribution in [0.2, 0.25) is 0 Å². The van der Waals surface area contributed by atoms with Crippen molar-refractivity contribution in [3.63, 3.8) is 0 Å². The van der Waals surface area contributed by atoms with Crippen LogP contribution in [0.3, 0.4) is 0 Å². The number of nitro groups is 1. The summed E-state index contributed by atoms with van der Waals surface area (Å²) in [5.74, 6) is -0.775. The first-order chi connectivity index (χ1) is 19.7. The molecule has 0 aliphatic rings. The van der Waals surface area contributed by atoms with E-state index in [0.29, 0.717) is 30.5 Å². The number of amides is 1. The smallest absolute Gasteiger partial charge is 0.295 e. The maximum absolute atomic E-state index is 12.5. The van der Waals surface area contributed by atoms with Crippen molar-refractivity contribution in [2.75, 3.05) is 17.5 Å². The molecule has 4 rings (SSSR count). The van der Waals surface area contributed by atoms with Gasteiger partial charge in [-0.2, -0.15) is 8.42 Å². The molecule has 0 aliphatic heterocycles. The largest absolute Gasteiger partial charge is 0.368 e. The third kappa shape index (κ3) is 7.44. The van der Waals surface area contributed by atoms with E-state index in [4.69, 9.17) is 5.73 Å². The second-order valence-electron chi connectivity index (χ2n) is 9.51. The first kappa shape index (κ1) is 30.5. The summed E-state index contributed by atoms with van der Waals surface area (Å²) in [7, 11) is -8.33. The summed E-state index contributed by atoms with van der Waals surface area (Å²) in [6, 6.07) is 15.4. The Morgan fingerprint density at radius 3 is 2.36 bits per heavy atom. The standard InChI is InChI=1S/C27H27N5O8S2/c1-41(36,37)31-20-6-2-5-18(14-20)19-15-23-22(24(16-19)42(38,39)40)11-13-30-25(23)26(27(28)33)29-12-3-4-17-7-9-21(10-8-17)32(34)35/h2,5-11,13-16,26,29,31H,3-4,12H2,1H3,(H2,28,33)(H,38,39,40). The molecule has 1 aromatic heterocycles. The second-order valence-corrected chi connectivity index (χ2v) is 12.7. The molecule has 220 valence electrons. The van der Waals surface area contributed by atoms with Gasteiger partial charge in [0.1, 0.15) is 10.9 Å². The van der Waals surface area contributed by atoms with Crippen molar-refractivity contribution in [2.45, 2.75) is 23.8 Å². The van der Waals surface area contributed by atoms with Crippen LogP contribution in [0.15, 0.2) is 77.8 Å². The quantitative estimate of drug-likeness (QED) is 0.0793. The molecular weight excluding hydrogens is 586 g/mol. The molecule has 13 nitrogen and oxygen atoms in total. The number of primary amides is 1. The lowest BCUT2D eigenvalue weighted by Crippen LogP contribution is -2.35. The fourth-order valence-corrected chi connectivity index (χ4v) is 5.80. The molecule has 0 saturated heterocycles. The lowest BCUT2D eigenvalue weighted by Gasteiger charge is -2.18. The van der Waals surface area contributed by atoms with Gasteiger partial charge < -0.3 is 11.1 Å². The van der Waals surface area contributed by atoms with E-state index in [-0.39, 0.29) is 27.8 Å². The number of sulfonamides is 1. The number of nitrogens with zero attached hydrogens (tertiary/aromatic N) is 2. The number of aryl methyl sites for hydroxylation is 1. The van der Waals surface area contributed by atoms with E-state index in [1.165, 1.54) is 42.6 Å². The predicted molar refractivity (Wildman–Crippen MR) is 157 cm³/mol. The molecule has 0 bridgehead atoms. The number of nitrogens with two attached hydrogens (primary N) is 1. The fourth-order valence-electron chi connectivity index (χ4n) is 4.51. The summed E-state index contributed by atoms with van der Waals surface area (Å²) in [5.41, 5.74) is 7.65. The third-order valence-electron chi connectivity index (χ3n) is 6.35. The number of benzene rings is 3. The van der Waals surface area contributed by atoms with E-state index in [1.807, 2.05) is 0 Å². The van der Waals surface area contributed by atoms with Gasteiger partial charge in [0.2, 0.25) is 15.9 Å². The summed E-state index contributed by atoms with van der Waals surface area (Å²) in [4.78, 5) is 26.8. The van der Waals surface area contributed by atoms with E-state index >= 15 is 0 Å². The van der Waals surface area contributed by atoms with Crippen molar-refractivity contribution >= 4 is 48.2 Å². The Morgan fingerprint density at radius 1 is 1.02 bits per heavy atom. The Morgan fingerprint density at radius 2 is 1.74 bits per heavy atom. The second kappa shape index (κ2) is 12.2. The van der Waals surface area contributed by atoms with Gasteiger partial charge in [0.25, 0.3) is 15.8 Å². The van der Waals surface area contributed by atoms with Crippen LogP contribution in [0.5, 0.6) is 0 Å². The van der Waals surface area contributed by atoms with E-state index in [9.17, 15) is 36.3 Å². The number of pyridine rings is 1. The lowest BCUT2D eigenvalue weighted by molar-refractivity contribution is -0.384. The number of carbonyl (C=O) groups excluding carboxylic acids is 1. The first-order valence-electron chi connectivity index (χ1n) is 12.5. The molecule has 0 fully saturated rings. The molecule has 0 spiro atoms. The molecule has 3 aromatic carbocycles. The molecule has 15 heteroatoms. The molecule has 5 N–H and O–H groups in total. The first-order valence-corrected chi connectivity index (χ1v) is 15.8. The van der Waals surface area contributed by atoms with Crippen molar-refractivity contribution in [3.8, 4) is 11.1 Å². The maximum Gasteiger partial charge on any atom is 0.295 e. The lowest BCUT2D eigenvalue weighted by atomic mass is 9.98. The molecule has 1 atom stereocenters. The molecular formula is C27H27N5O8S2. The third-order valence-corrected chi connectivity index (χ3v) is 7.85. The zero-order valence-electron chi connectivity index (χ0n) is 22.2. The van der Waals surface area contributed by atoms with Gasteiger partial charge in [-0.15, -0.1) is 0 Å². The Bertz CT molecular complexity index is 1880. The van der Waals surface area contributed by atoms with Crippen molar-refractivity contribution < 1.29 is 31.1 Å². The number of fused-ring (bicyclic) bond motifs is 1. The highest BCUT2D eigenvalue weighted by molar-refractivity contribution is 7.92. The number of non-ortho nitro benzene ring substituents is 1. The molecule has 1 amide bonds. The highest BCUT2D eigenvalue weighted by Gasteiger charge is 2.25. The van der Waals surface area contributed by atoms with Gasteiger partial charge >= 0.3 is 0 Å². The average molecular weight is 614 g/mol. The van der Waals surface area contributed by atoms with Gasteiger partial charge in [0.15, 0.2) is 0 Å². The minimum absolute atomic E-state index is 0.0188. The Kier molecular flexibility index (Phi) is 8.86. The number of hydrogen-bond donors (Lipinski definition) is 4. The Hall–Kier alpha value is -4.44. The summed E-state index contributed by atoms with van der Waals surface area (Å²) in [6.07, 6.45) is 3.38. The van der Waals surface area contributed by atoms with Gasteiger partial charge in [0, 0.05) is 34.8 Å². The van der Waals surface area contributed by atoms with Crippen LogP contribution in [0.1, 0.15) is 23.7 Å². The van der Waals surface area contributed by atoms with E-state index in [1.54, 1.807) is 30.3 Å². The molecule has 0 saturated carbocycles. The molecule has 1 unspecified atom stereocenters. The Labute approximate surface area is 241 Å². The summed E-state index contributed by atoms with van der Waals surface area (Å²) < 4.78 is 60.6. The zero-order valence-corrected chi connectivity index (χ0v) is 23.9. The predicted octanol–water partition coefficient (Wildman–Crippen LogP) is 3.18. The Balaban J connectivity index is 1.69. The highest BCUT2D eigenvalue weighted by atomic mass is 32.2. The molecule has 4 aromatic rings. The molecule has 0 radical (unpaired) electrons. The number of aromatic nitrogens is 1. The number of anilines is 1. The van der Waals surface area contributed by atoms with E-state index < -0.39 is 41.9 Å². The monoisotopic (exact) mass is 613 g/mol. The summed E-state index contributed by atoms with van der Waals surface area (Å²) in [6.45, 7) is 0.298. The van der Waals surface area contributed by atoms with E-state index in [0.717, 1.165) is 11.8 Å². The number of rotatable bonds is 12. The topological polar surface area (TPSA) is 212 Å². The summed E-state index contributed by atoms with van der Waals surface area (Å²) in [5, 5.41) is 14.2. The van der Waals surface area contributed by atoms with Crippen LogP contribution in [0.25, 0.3) is 21.9 Å². The van der Waals surface area contributed by atoms with Crippen LogP contribution in [-0.4, -0.2) is 50.0 Å². The molecule has 0 aliphatic carbocycles. The average Bonchev–Trinajstić information content (AvgIpc) is 2.91. The van der Waals surface area contributed by atoms with Crippen LogP contribution in [0, 0.1) is 10.1 Å². The number of carbonyl (C=O) groups is 1. The van der Waals surface area contributed by atoms with Gasteiger partial charge in [-0.05, 0) is 66.4 Å². The van der Waals surface area contributed by atoms with Gasteiger partial charge in [0.05, 0.1) is 16.9 Å². The van der Waals surface area contributed by atoms with Crippen molar-refractivity contribution in [2.24, 2.45) is 5.73 Å². The SMILES string of the molecule is CS(=O)(=O)Nc1cccc(-c2cc(S(=O)(=O)O)c3ccnc(C(NCCCc4ccc([N+](=O)[O-])cc4)C(N)=O)c3c2)c1. The van der Waals surface area contributed by atoms with Crippen LogP contribution < -0.4 is 15.8 Å². The van der Waals surface area contributed by atoms with Crippen LogP contribution in [0.4, 0.5) is 11.4 Å². The van der Waals surface area contributed by atoms with Gasteiger partial charge in [-0.25, -0.2) is 8.42 Å². The van der Waals surface area contributed by atoms with Crippen LogP contribution in [-0.2, 0) is 31.4 Å². The number of nitrogens with one attached hydrogen (secondary N) is 2. The molecule has 42 heavy (non-hydrogen) atoms. The van der Waals surface area contributed by atoms with Gasteiger partial charge in [-0.1, -0.05) is 24.3 Å². The summed E-state index contributed by atoms with van der Waals surface area (Å²) >= 11 is 0. The van der Waals surface area contributed by atoms with E-state index in [2.05, 4.69) is 15.0 Å². The minimum Gasteiger partial charge on any atom is -0.368 e. The van der Waals surface area contributed by atoms with Gasteiger partial charge in [-0.3, -0.25) is 29.2 Å². The molecule has 1 heterocycles. The van der Waals surface area contributed by atoms with Crippen LogP contribution >= 0.6 is 0 Å².